The zero-order valence-corrected chi connectivity index (χ0v) is 23.1. The molecule has 38 heavy (non-hydrogen) atoms. The molecule has 0 heterocycles. The van der Waals surface area contributed by atoms with Gasteiger partial charge >= 0.3 is 17.9 Å². The van der Waals surface area contributed by atoms with Gasteiger partial charge in [-0.1, -0.05) is 51.6 Å². The molecule has 7 atom stereocenters. The summed E-state index contributed by atoms with van der Waals surface area (Å²) in [6, 6.07) is 8.56. The van der Waals surface area contributed by atoms with Gasteiger partial charge in [0.05, 0.1) is 11.5 Å². The lowest BCUT2D eigenvalue weighted by molar-refractivity contribution is -0.179. The maximum atomic E-state index is 14.3. The lowest BCUT2D eigenvalue weighted by Gasteiger charge is -2.39. The maximum Gasteiger partial charge on any atom is 0.338 e. The zero-order chi connectivity index (χ0) is 28.0. The summed E-state index contributed by atoms with van der Waals surface area (Å²) < 4.78 is 17.9. The topological polar surface area (TPSA) is 96.0 Å². The van der Waals surface area contributed by atoms with Crippen molar-refractivity contribution in [3.8, 4) is 0 Å². The van der Waals surface area contributed by atoms with Crippen LogP contribution in [0.5, 0.6) is 0 Å². The number of benzene rings is 1. The highest BCUT2D eigenvalue weighted by atomic mass is 16.6. The third-order valence-electron chi connectivity index (χ3n) is 8.77. The minimum absolute atomic E-state index is 0.0165. The second-order valence-corrected chi connectivity index (χ2v) is 11.8. The second-order valence-electron chi connectivity index (χ2n) is 11.8. The van der Waals surface area contributed by atoms with Crippen molar-refractivity contribution >= 4 is 23.7 Å². The van der Waals surface area contributed by atoms with Crippen LogP contribution in [0.4, 0.5) is 0 Å². The standard InChI is InChI=1S/C31H38O7/c1-17-13-14-23-24(30(23,6)7)15-18(2)28(34)31(38-21(5)33)16-19(3)27(25(31)26(17)36-20(4)32)37-29(35)22-11-9-8-10-12-22/h8-12,15,19,23-27H,1,13-14,16H2,2-7H3/b18-15+/t19-,23?,24?,25?,26-,27-,31+/m0/s1. The summed E-state index contributed by atoms with van der Waals surface area (Å²) in [5.41, 5.74) is -0.203. The van der Waals surface area contributed by atoms with Gasteiger partial charge in [0.2, 0.25) is 5.78 Å². The van der Waals surface area contributed by atoms with Crippen LogP contribution in [0.15, 0.2) is 54.1 Å². The molecule has 0 amide bonds. The molecule has 1 aromatic carbocycles. The van der Waals surface area contributed by atoms with Crippen molar-refractivity contribution in [2.24, 2.45) is 29.1 Å². The molecule has 0 radical (unpaired) electrons. The van der Waals surface area contributed by atoms with Gasteiger partial charge in [-0.3, -0.25) is 14.4 Å². The number of ether oxygens (including phenoxy) is 3. The van der Waals surface area contributed by atoms with Crippen molar-refractivity contribution in [2.45, 2.75) is 78.6 Å². The maximum absolute atomic E-state index is 14.3. The van der Waals surface area contributed by atoms with Crippen LogP contribution < -0.4 is 0 Å². The van der Waals surface area contributed by atoms with Crippen molar-refractivity contribution in [2.75, 3.05) is 0 Å². The van der Waals surface area contributed by atoms with E-state index in [2.05, 4.69) is 20.4 Å². The number of rotatable bonds is 4. The van der Waals surface area contributed by atoms with E-state index in [9.17, 15) is 19.2 Å². The molecule has 1 aromatic rings. The number of carbonyl (C=O) groups is 4. The predicted molar refractivity (Wildman–Crippen MR) is 141 cm³/mol. The van der Waals surface area contributed by atoms with E-state index in [-0.39, 0.29) is 29.5 Å². The molecular weight excluding hydrogens is 484 g/mol. The number of Topliss-reactive ketones (excluding diaryl/α,β-unsaturated/α-hetero) is 1. The Kier molecular flexibility index (Phi) is 7.43. The van der Waals surface area contributed by atoms with E-state index in [1.165, 1.54) is 13.8 Å². The Labute approximate surface area is 224 Å². The fourth-order valence-electron chi connectivity index (χ4n) is 6.80. The fourth-order valence-corrected chi connectivity index (χ4v) is 6.80. The van der Waals surface area contributed by atoms with E-state index in [0.29, 0.717) is 29.0 Å². The third-order valence-corrected chi connectivity index (χ3v) is 8.77. The molecule has 3 aliphatic rings. The molecule has 204 valence electrons. The first kappa shape index (κ1) is 27.8. The van der Waals surface area contributed by atoms with Crippen LogP contribution in [0.3, 0.4) is 0 Å². The number of hydrogen-bond donors (Lipinski definition) is 0. The van der Waals surface area contributed by atoms with Gasteiger partial charge in [0.25, 0.3) is 0 Å². The number of allylic oxidation sites excluding steroid dienone is 1. The van der Waals surface area contributed by atoms with E-state index in [0.717, 1.165) is 6.42 Å². The van der Waals surface area contributed by atoms with Gasteiger partial charge < -0.3 is 14.2 Å². The minimum Gasteiger partial charge on any atom is -0.458 e. The summed E-state index contributed by atoms with van der Waals surface area (Å²) in [7, 11) is 0. The Balaban J connectivity index is 1.87. The van der Waals surface area contributed by atoms with E-state index in [1.54, 1.807) is 37.3 Å². The summed E-state index contributed by atoms with van der Waals surface area (Å²) in [5.74, 6) is -2.89. The van der Waals surface area contributed by atoms with Crippen LogP contribution in [0.1, 0.15) is 71.2 Å². The van der Waals surface area contributed by atoms with E-state index in [1.807, 2.05) is 13.0 Å². The monoisotopic (exact) mass is 522 g/mol. The second kappa shape index (κ2) is 10.2. The molecule has 0 saturated heterocycles. The summed E-state index contributed by atoms with van der Waals surface area (Å²) >= 11 is 0. The van der Waals surface area contributed by atoms with Crippen LogP contribution in [0.25, 0.3) is 0 Å². The van der Waals surface area contributed by atoms with Gasteiger partial charge in [0.1, 0.15) is 12.2 Å². The smallest absolute Gasteiger partial charge is 0.338 e. The minimum atomic E-state index is -1.69. The molecule has 0 N–H and O–H groups in total. The molecule has 0 spiro atoms. The first-order chi connectivity index (χ1) is 17.8. The van der Waals surface area contributed by atoms with Crippen LogP contribution in [-0.4, -0.2) is 41.5 Å². The number of hydrogen-bond acceptors (Lipinski definition) is 7. The van der Waals surface area contributed by atoms with Crippen molar-refractivity contribution in [3.05, 3.63) is 59.7 Å². The fraction of sp³-hybridized carbons (Fsp3) is 0.548. The number of ketones is 1. The van der Waals surface area contributed by atoms with Crippen molar-refractivity contribution in [3.63, 3.8) is 0 Å². The Morgan fingerprint density at radius 1 is 1.03 bits per heavy atom. The number of esters is 3. The molecule has 0 bridgehead atoms. The molecule has 3 unspecified atom stereocenters. The van der Waals surface area contributed by atoms with Gasteiger partial charge in [0, 0.05) is 20.3 Å². The predicted octanol–water partition coefficient (Wildman–Crippen LogP) is 5.24. The van der Waals surface area contributed by atoms with Gasteiger partial charge in [-0.2, -0.15) is 0 Å². The lowest BCUT2D eigenvalue weighted by Crippen LogP contribution is -2.55. The van der Waals surface area contributed by atoms with Gasteiger partial charge in [-0.15, -0.1) is 0 Å². The first-order valence-electron chi connectivity index (χ1n) is 13.3. The Morgan fingerprint density at radius 3 is 2.29 bits per heavy atom. The summed E-state index contributed by atoms with van der Waals surface area (Å²) in [6.45, 7) is 14.8. The van der Waals surface area contributed by atoms with Crippen LogP contribution in [0.2, 0.25) is 0 Å². The molecular formula is C31H38O7. The van der Waals surface area contributed by atoms with Gasteiger partial charge in [-0.05, 0) is 66.2 Å². The van der Waals surface area contributed by atoms with Crippen molar-refractivity contribution in [1.82, 2.24) is 0 Å². The molecule has 0 aromatic heterocycles. The van der Waals surface area contributed by atoms with E-state index < -0.39 is 41.6 Å². The van der Waals surface area contributed by atoms with Crippen LogP contribution in [0, 0.1) is 29.1 Å². The summed E-state index contributed by atoms with van der Waals surface area (Å²) in [4.78, 5) is 52.4. The van der Waals surface area contributed by atoms with Gasteiger partial charge in [-0.25, -0.2) is 4.79 Å². The zero-order valence-electron chi connectivity index (χ0n) is 23.1. The third kappa shape index (κ3) is 4.95. The van der Waals surface area contributed by atoms with Crippen molar-refractivity contribution in [1.29, 1.82) is 0 Å². The molecule has 7 heteroatoms. The molecule has 0 aliphatic heterocycles. The number of carbonyl (C=O) groups excluding carboxylic acids is 4. The van der Waals surface area contributed by atoms with Crippen LogP contribution >= 0.6 is 0 Å². The average Bonchev–Trinajstić information content (AvgIpc) is 3.24. The highest BCUT2D eigenvalue weighted by Crippen LogP contribution is 2.62. The normalized spacial score (nSPS) is 35.5. The highest BCUT2D eigenvalue weighted by molar-refractivity contribution is 6.03. The molecule has 2 saturated carbocycles. The lowest BCUT2D eigenvalue weighted by atomic mass is 9.76. The molecule has 7 nitrogen and oxygen atoms in total. The Bertz CT molecular complexity index is 1180. The SMILES string of the molecule is C=C1CCC2C(/C=C(\C)C(=O)[C@@]3(OC(C)=O)C[C@H](C)[C@H](OC(=O)c4ccccc4)C3[C@H]1OC(C)=O)C2(C)C. The Hall–Kier alpha value is -3.22. The summed E-state index contributed by atoms with van der Waals surface area (Å²) in [6.07, 6.45) is 1.63. The Morgan fingerprint density at radius 2 is 1.68 bits per heavy atom. The van der Waals surface area contributed by atoms with Crippen LogP contribution in [-0.2, 0) is 28.6 Å². The van der Waals surface area contributed by atoms with E-state index in [4.69, 9.17) is 14.2 Å². The summed E-state index contributed by atoms with van der Waals surface area (Å²) in [5, 5.41) is 0. The van der Waals surface area contributed by atoms with Crippen molar-refractivity contribution < 1.29 is 33.4 Å². The molecule has 4 rings (SSSR count). The first-order valence-corrected chi connectivity index (χ1v) is 13.3. The van der Waals surface area contributed by atoms with E-state index >= 15 is 0 Å². The average molecular weight is 523 g/mol. The number of fused-ring (bicyclic) bond motifs is 2. The molecule has 3 aliphatic carbocycles. The van der Waals surface area contributed by atoms with Gasteiger partial charge in [0.15, 0.2) is 5.60 Å². The quantitative estimate of drug-likeness (QED) is 0.303. The molecule has 2 fully saturated rings. The highest BCUT2D eigenvalue weighted by Gasteiger charge is 2.65. The largest absolute Gasteiger partial charge is 0.458 e.